The standard InChI is InChI=1S/C14H23N5O2/c1-10(12-15-6-7-16-12)17-13(20)11-4-8-19(9-5-11)14(21)18(2)3/h6-7,10-11H,4-5,8-9H2,1-3H3,(H,15,16)(H,17,20). The normalized spacial score (nSPS) is 17.4. The molecule has 3 amide bonds. The Bertz CT molecular complexity index is 478. The molecule has 7 nitrogen and oxygen atoms in total. The molecule has 1 saturated heterocycles. The van der Waals surface area contributed by atoms with E-state index in [-0.39, 0.29) is 23.9 Å². The summed E-state index contributed by atoms with van der Waals surface area (Å²) in [5.41, 5.74) is 0. The van der Waals surface area contributed by atoms with E-state index in [1.54, 1.807) is 36.3 Å². The summed E-state index contributed by atoms with van der Waals surface area (Å²) in [6, 6.07) is -0.119. The van der Waals surface area contributed by atoms with Gasteiger partial charge in [-0.05, 0) is 19.8 Å². The lowest BCUT2D eigenvalue weighted by molar-refractivity contribution is -0.127. The summed E-state index contributed by atoms with van der Waals surface area (Å²) in [6.07, 6.45) is 4.82. The average Bonchev–Trinajstić information content (AvgIpc) is 3.00. The average molecular weight is 293 g/mol. The maximum Gasteiger partial charge on any atom is 0.319 e. The first-order valence-electron chi connectivity index (χ1n) is 7.25. The molecule has 1 aromatic heterocycles. The summed E-state index contributed by atoms with van der Waals surface area (Å²) in [6.45, 7) is 3.16. The number of likely N-dealkylation sites (tertiary alicyclic amines) is 1. The molecular weight excluding hydrogens is 270 g/mol. The Labute approximate surface area is 124 Å². The number of nitrogens with one attached hydrogen (secondary N) is 2. The zero-order chi connectivity index (χ0) is 15.4. The highest BCUT2D eigenvalue weighted by molar-refractivity contribution is 5.80. The first-order valence-corrected chi connectivity index (χ1v) is 7.25. The fourth-order valence-electron chi connectivity index (χ4n) is 2.53. The summed E-state index contributed by atoms with van der Waals surface area (Å²) < 4.78 is 0. The van der Waals surface area contributed by atoms with Crippen LogP contribution in [0.4, 0.5) is 4.79 Å². The van der Waals surface area contributed by atoms with Gasteiger partial charge in [0.1, 0.15) is 5.82 Å². The molecular formula is C14H23N5O2. The van der Waals surface area contributed by atoms with Crippen molar-refractivity contribution in [1.29, 1.82) is 0 Å². The molecule has 21 heavy (non-hydrogen) atoms. The van der Waals surface area contributed by atoms with E-state index in [4.69, 9.17) is 0 Å². The van der Waals surface area contributed by atoms with E-state index < -0.39 is 0 Å². The number of hydrogen-bond acceptors (Lipinski definition) is 3. The predicted octanol–water partition coefficient (Wildman–Crippen LogP) is 0.980. The van der Waals surface area contributed by atoms with Crippen molar-refractivity contribution in [3.8, 4) is 0 Å². The number of H-pyrrole nitrogens is 1. The molecule has 1 atom stereocenters. The van der Waals surface area contributed by atoms with Gasteiger partial charge in [-0.15, -0.1) is 0 Å². The summed E-state index contributed by atoms with van der Waals surface area (Å²) in [5, 5.41) is 2.97. The second-order valence-electron chi connectivity index (χ2n) is 5.64. The van der Waals surface area contributed by atoms with E-state index in [2.05, 4.69) is 15.3 Å². The molecule has 1 unspecified atom stereocenters. The van der Waals surface area contributed by atoms with E-state index in [0.29, 0.717) is 25.9 Å². The molecule has 7 heteroatoms. The van der Waals surface area contributed by atoms with Gasteiger partial charge in [0, 0.05) is 45.5 Å². The Kier molecular flexibility index (Phi) is 4.82. The van der Waals surface area contributed by atoms with Gasteiger partial charge >= 0.3 is 6.03 Å². The van der Waals surface area contributed by atoms with E-state index in [1.165, 1.54) is 0 Å². The highest BCUT2D eigenvalue weighted by Crippen LogP contribution is 2.19. The van der Waals surface area contributed by atoms with Crippen molar-refractivity contribution in [2.24, 2.45) is 5.92 Å². The Balaban J connectivity index is 1.82. The number of rotatable bonds is 3. The van der Waals surface area contributed by atoms with Crippen molar-refractivity contribution in [2.45, 2.75) is 25.8 Å². The Morgan fingerprint density at radius 1 is 1.43 bits per heavy atom. The summed E-state index contributed by atoms with van der Waals surface area (Å²) in [4.78, 5) is 34.6. The van der Waals surface area contributed by atoms with Crippen molar-refractivity contribution in [3.63, 3.8) is 0 Å². The van der Waals surface area contributed by atoms with Gasteiger partial charge in [0.25, 0.3) is 0 Å². The number of nitrogens with zero attached hydrogens (tertiary/aromatic N) is 3. The second-order valence-corrected chi connectivity index (χ2v) is 5.64. The zero-order valence-corrected chi connectivity index (χ0v) is 12.8. The number of aromatic amines is 1. The maximum atomic E-state index is 12.2. The molecule has 1 aromatic rings. The molecule has 0 saturated carbocycles. The van der Waals surface area contributed by atoms with E-state index >= 15 is 0 Å². The van der Waals surface area contributed by atoms with Gasteiger partial charge in [0.15, 0.2) is 0 Å². The molecule has 1 fully saturated rings. The van der Waals surface area contributed by atoms with Crippen LogP contribution in [-0.4, -0.2) is 58.9 Å². The molecule has 1 aliphatic rings. The minimum absolute atomic E-state index is 0.0119. The molecule has 0 aliphatic carbocycles. The third kappa shape index (κ3) is 3.74. The van der Waals surface area contributed by atoms with Crippen LogP contribution < -0.4 is 5.32 Å². The number of carbonyl (C=O) groups is 2. The number of urea groups is 1. The third-order valence-corrected chi connectivity index (χ3v) is 3.81. The molecule has 2 heterocycles. The van der Waals surface area contributed by atoms with Gasteiger partial charge in [-0.1, -0.05) is 0 Å². The molecule has 0 aromatic carbocycles. The molecule has 0 radical (unpaired) electrons. The molecule has 2 rings (SSSR count). The highest BCUT2D eigenvalue weighted by Gasteiger charge is 2.28. The molecule has 1 aliphatic heterocycles. The Morgan fingerprint density at radius 3 is 2.62 bits per heavy atom. The van der Waals surface area contributed by atoms with Crippen molar-refractivity contribution in [1.82, 2.24) is 25.1 Å². The van der Waals surface area contributed by atoms with Crippen molar-refractivity contribution >= 4 is 11.9 Å². The van der Waals surface area contributed by atoms with Crippen LogP contribution in [0.5, 0.6) is 0 Å². The topological polar surface area (TPSA) is 81.3 Å². The molecule has 116 valence electrons. The lowest BCUT2D eigenvalue weighted by Gasteiger charge is -2.33. The predicted molar refractivity (Wildman–Crippen MR) is 78.5 cm³/mol. The van der Waals surface area contributed by atoms with Crippen LogP contribution >= 0.6 is 0 Å². The van der Waals surface area contributed by atoms with Crippen molar-refractivity contribution < 1.29 is 9.59 Å². The van der Waals surface area contributed by atoms with Gasteiger partial charge in [0.05, 0.1) is 6.04 Å². The fraction of sp³-hybridized carbons (Fsp3) is 0.643. The van der Waals surface area contributed by atoms with Crippen LogP contribution in [0.15, 0.2) is 12.4 Å². The first kappa shape index (κ1) is 15.3. The highest BCUT2D eigenvalue weighted by atomic mass is 16.2. The largest absolute Gasteiger partial charge is 0.347 e. The molecule has 2 N–H and O–H groups in total. The van der Waals surface area contributed by atoms with Crippen LogP contribution in [0.3, 0.4) is 0 Å². The fourth-order valence-corrected chi connectivity index (χ4v) is 2.53. The van der Waals surface area contributed by atoms with Gasteiger partial charge in [-0.25, -0.2) is 9.78 Å². The number of amides is 3. The third-order valence-electron chi connectivity index (χ3n) is 3.81. The first-order chi connectivity index (χ1) is 9.99. The monoisotopic (exact) mass is 293 g/mol. The van der Waals surface area contributed by atoms with Gasteiger partial charge in [-0.3, -0.25) is 4.79 Å². The SMILES string of the molecule is CC(NC(=O)C1CCN(C(=O)N(C)C)CC1)c1ncc[nH]1. The van der Waals surface area contributed by atoms with E-state index in [0.717, 1.165) is 5.82 Å². The quantitative estimate of drug-likeness (QED) is 0.871. The Morgan fingerprint density at radius 2 is 2.10 bits per heavy atom. The van der Waals surface area contributed by atoms with Gasteiger partial charge in [-0.2, -0.15) is 0 Å². The van der Waals surface area contributed by atoms with Crippen LogP contribution in [-0.2, 0) is 4.79 Å². The lowest BCUT2D eigenvalue weighted by Crippen LogP contribution is -2.46. The zero-order valence-electron chi connectivity index (χ0n) is 12.8. The lowest BCUT2D eigenvalue weighted by atomic mass is 9.96. The smallest absolute Gasteiger partial charge is 0.319 e. The molecule has 0 bridgehead atoms. The summed E-state index contributed by atoms with van der Waals surface area (Å²) in [5.74, 6) is 0.757. The van der Waals surface area contributed by atoms with Crippen molar-refractivity contribution in [2.75, 3.05) is 27.2 Å². The second kappa shape index (κ2) is 6.60. The van der Waals surface area contributed by atoms with E-state index in [1.807, 2.05) is 6.92 Å². The number of carbonyl (C=O) groups excluding carboxylic acids is 2. The number of imidazole rings is 1. The van der Waals surface area contributed by atoms with Crippen molar-refractivity contribution in [3.05, 3.63) is 18.2 Å². The van der Waals surface area contributed by atoms with Gasteiger partial charge in [0.2, 0.25) is 5.91 Å². The van der Waals surface area contributed by atoms with Crippen LogP contribution in [0.1, 0.15) is 31.6 Å². The minimum Gasteiger partial charge on any atom is -0.347 e. The molecule has 0 spiro atoms. The van der Waals surface area contributed by atoms with Crippen LogP contribution in [0.25, 0.3) is 0 Å². The number of aromatic nitrogens is 2. The number of piperidine rings is 1. The maximum absolute atomic E-state index is 12.2. The van der Waals surface area contributed by atoms with Crippen LogP contribution in [0.2, 0.25) is 0 Å². The van der Waals surface area contributed by atoms with Gasteiger partial charge < -0.3 is 20.1 Å². The Hall–Kier alpha value is -2.05. The summed E-state index contributed by atoms with van der Waals surface area (Å²) >= 11 is 0. The number of hydrogen-bond donors (Lipinski definition) is 2. The minimum atomic E-state index is -0.131. The van der Waals surface area contributed by atoms with Crippen LogP contribution in [0, 0.1) is 5.92 Å². The van der Waals surface area contributed by atoms with E-state index in [9.17, 15) is 9.59 Å². The summed E-state index contributed by atoms with van der Waals surface area (Å²) in [7, 11) is 3.48.